The molecule has 3 nitrogen and oxygen atoms in total. The summed E-state index contributed by atoms with van der Waals surface area (Å²) in [7, 11) is 0. The summed E-state index contributed by atoms with van der Waals surface area (Å²) in [5, 5.41) is 7.76. The van der Waals surface area contributed by atoms with Gasteiger partial charge in [0, 0.05) is 27.3 Å². The van der Waals surface area contributed by atoms with Crippen molar-refractivity contribution in [3.8, 4) is 0 Å². The van der Waals surface area contributed by atoms with E-state index in [9.17, 15) is 0 Å². The molecule has 96 valence electrons. The average molecular weight is 381 g/mol. The minimum absolute atomic E-state index is 0.731. The lowest BCUT2D eigenvalue weighted by Crippen LogP contribution is -2.00. The predicted octanol–water partition coefficient (Wildman–Crippen LogP) is 4.47. The lowest BCUT2D eigenvalue weighted by Gasteiger charge is -2.09. The van der Waals surface area contributed by atoms with Crippen molar-refractivity contribution in [3.63, 3.8) is 0 Å². The Bertz CT molecular complexity index is 701. The highest BCUT2D eigenvalue weighted by Gasteiger charge is 2.06. The Labute approximate surface area is 127 Å². The van der Waals surface area contributed by atoms with Crippen LogP contribution in [0.3, 0.4) is 0 Å². The van der Waals surface area contributed by atoms with Crippen LogP contribution in [0.5, 0.6) is 0 Å². The predicted molar refractivity (Wildman–Crippen MR) is 84.4 cm³/mol. The third-order valence-corrected chi connectivity index (χ3v) is 4.25. The van der Waals surface area contributed by atoms with E-state index in [0.29, 0.717) is 0 Å². The lowest BCUT2D eigenvalue weighted by molar-refractivity contribution is 0.961. The Balaban J connectivity index is 1.87. The molecule has 0 bridgehead atoms. The molecule has 0 saturated heterocycles. The van der Waals surface area contributed by atoms with E-state index in [0.717, 1.165) is 26.7 Å². The topological polar surface area (TPSA) is 29.3 Å². The number of nitrogens with one attached hydrogen (secondary N) is 1. The fraction of sp³-hybridized carbons (Fsp3) is 0.0714. The van der Waals surface area contributed by atoms with Crippen LogP contribution in [0.4, 0.5) is 5.69 Å². The van der Waals surface area contributed by atoms with Crippen molar-refractivity contribution in [3.05, 3.63) is 63.3 Å². The Morgan fingerprint density at radius 1 is 1.05 bits per heavy atom. The smallest absolute Gasteiger partial charge is 0.0711 e. The molecule has 1 aromatic carbocycles. The third kappa shape index (κ3) is 2.53. The standard InChI is InChI=1S/C14H11Br2N3/c15-11-4-3-5-12(16)14(11)17-8-10-9-18-19-7-2-1-6-13(10)19/h1-7,9,17H,8H2. The first-order chi connectivity index (χ1) is 9.25. The van der Waals surface area contributed by atoms with Crippen molar-refractivity contribution < 1.29 is 0 Å². The number of benzene rings is 1. The number of hydrogen-bond acceptors (Lipinski definition) is 2. The number of para-hydroxylation sites is 1. The Morgan fingerprint density at radius 2 is 1.84 bits per heavy atom. The molecule has 5 heteroatoms. The van der Waals surface area contributed by atoms with E-state index < -0.39 is 0 Å². The van der Waals surface area contributed by atoms with E-state index in [1.165, 1.54) is 5.56 Å². The number of rotatable bonds is 3. The van der Waals surface area contributed by atoms with Gasteiger partial charge in [-0.2, -0.15) is 5.10 Å². The summed E-state index contributed by atoms with van der Waals surface area (Å²) in [5.41, 5.74) is 3.35. The molecule has 0 atom stereocenters. The van der Waals surface area contributed by atoms with Gasteiger partial charge in [-0.25, -0.2) is 4.52 Å². The van der Waals surface area contributed by atoms with Gasteiger partial charge in [-0.3, -0.25) is 0 Å². The van der Waals surface area contributed by atoms with E-state index in [4.69, 9.17) is 0 Å². The maximum absolute atomic E-state index is 4.33. The molecule has 3 aromatic rings. The van der Waals surface area contributed by atoms with Crippen molar-refractivity contribution in [2.24, 2.45) is 0 Å². The highest BCUT2D eigenvalue weighted by molar-refractivity contribution is 9.11. The monoisotopic (exact) mass is 379 g/mol. The first-order valence-corrected chi connectivity index (χ1v) is 7.43. The zero-order chi connectivity index (χ0) is 13.2. The summed E-state index contributed by atoms with van der Waals surface area (Å²) >= 11 is 7.10. The molecule has 0 unspecified atom stereocenters. The second kappa shape index (κ2) is 5.35. The van der Waals surface area contributed by atoms with Gasteiger partial charge in [-0.1, -0.05) is 12.1 Å². The number of fused-ring (bicyclic) bond motifs is 1. The highest BCUT2D eigenvalue weighted by atomic mass is 79.9. The normalized spacial score (nSPS) is 10.8. The van der Waals surface area contributed by atoms with Crippen LogP contribution in [-0.4, -0.2) is 9.61 Å². The maximum atomic E-state index is 4.33. The molecule has 0 aliphatic rings. The van der Waals surface area contributed by atoms with Gasteiger partial charge < -0.3 is 5.32 Å². The van der Waals surface area contributed by atoms with Gasteiger partial charge in [0.1, 0.15) is 0 Å². The SMILES string of the molecule is Brc1cccc(Br)c1NCc1cnn2ccccc12. The van der Waals surface area contributed by atoms with Crippen LogP contribution in [0.25, 0.3) is 5.52 Å². The van der Waals surface area contributed by atoms with Gasteiger partial charge >= 0.3 is 0 Å². The molecule has 1 N–H and O–H groups in total. The third-order valence-electron chi connectivity index (χ3n) is 2.92. The molecule has 2 aromatic heterocycles. The van der Waals surface area contributed by atoms with Crippen LogP contribution in [0.2, 0.25) is 0 Å². The second-order valence-corrected chi connectivity index (χ2v) is 5.86. The van der Waals surface area contributed by atoms with Gasteiger partial charge in [-0.05, 0) is 56.1 Å². The molecule has 0 spiro atoms. The van der Waals surface area contributed by atoms with Gasteiger partial charge in [0.25, 0.3) is 0 Å². The Morgan fingerprint density at radius 3 is 2.63 bits per heavy atom. The minimum Gasteiger partial charge on any atom is -0.379 e. The Kier molecular flexibility index (Phi) is 3.57. The Hall–Kier alpha value is -1.33. The van der Waals surface area contributed by atoms with Gasteiger partial charge in [0.15, 0.2) is 0 Å². The average Bonchev–Trinajstić information content (AvgIpc) is 2.82. The highest BCUT2D eigenvalue weighted by Crippen LogP contribution is 2.31. The molecule has 19 heavy (non-hydrogen) atoms. The largest absolute Gasteiger partial charge is 0.379 e. The molecule has 0 aliphatic heterocycles. The van der Waals surface area contributed by atoms with Crippen LogP contribution < -0.4 is 5.32 Å². The van der Waals surface area contributed by atoms with Crippen molar-refractivity contribution in [1.82, 2.24) is 9.61 Å². The van der Waals surface area contributed by atoms with Crippen molar-refractivity contribution in [2.75, 3.05) is 5.32 Å². The number of aromatic nitrogens is 2. The van der Waals surface area contributed by atoms with Crippen LogP contribution in [0.1, 0.15) is 5.56 Å². The number of anilines is 1. The summed E-state index contributed by atoms with van der Waals surface area (Å²) in [6.45, 7) is 0.731. The summed E-state index contributed by atoms with van der Waals surface area (Å²) in [5.74, 6) is 0. The maximum Gasteiger partial charge on any atom is 0.0711 e. The first kappa shape index (κ1) is 12.7. The molecular weight excluding hydrogens is 370 g/mol. The molecule has 0 saturated carbocycles. The summed E-state index contributed by atoms with van der Waals surface area (Å²) < 4.78 is 3.96. The fourth-order valence-corrected chi connectivity index (χ4v) is 3.25. The summed E-state index contributed by atoms with van der Waals surface area (Å²) in [6, 6.07) is 12.1. The van der Waals surface area contributed by atoms with Crippen molar-refractivity contribution >= 4 is 43.1 Å². The molecule has 0 aliphatic carbocycles. The van der Waals surface area contributed by atoms with E-state index in [2.05, 4.69) is 48.3 Å². The molecule has 2 heterocycles. The number of hydrogen-bond donors (Lipinski definition) is 1. The second-order valence-electron chi connectivity index (χ2n) is 4.15. The molecule has 0 fully saturated rings. The first-order valence-electron chi connectivity index (χ1n) is 5.85. The number of nitrogens with zero attached hydrogens (tertiary/aromatic N) is 2. The number of halogens is 2. The van der Waals surface area contributed by atoms with E-state index in [1.807, 2.05) is 47.2 Å². The molecular formula is C14H11Br2N3. The summed E-state index contributed by atoms with van der Waals surface area (Å²) in [6.07, 6.45) is 3.85. The van der Waals surface area contributed by atoms with Crippen LogP contribution in [0, 0.1) is 0 Å². The van der Waals surface area contributed by atoms with Crippen molar-refractivity contribution in [1.29, 1.82) is 0 Å². The van der Waals surface area contributed by atoms with Crippen molar-refractivity contribution in [2.45, 2.75) is 6.54 Å². The van der Waals surface area contributed by atoms with Gasteiger partial charge in [-0.15, -0.1) is 0 Å². The molecule has 0 amide bonds. The van der Waals surface area contributed by atoms with Gasteiger partial charge in [0.2, 0.25) is 0 Å². The van der Waals surface area contributed by atoms with E-state index in [1.54, 1.807) is 0 Å². The van der Waals surface area contributed by atoms with Crippen LogP contribution >= 0.6 is 31.9 Å². The van der Waals surface area contributed by atoms with Gasteiger partial charge in [0.05, 0.1) is 17.4 Å². The fourth-order valence-electron chi connectivity index (χ4n) is 1.97. The molecule has 3 rings (SSSR count). The van der Waals surface area contributed by atoms with Crippen LogP contribution in [-0.2, 0) is 6.54 Å². The van der Waals surface area contributed by atoms with E-state index >= 15 is 0 Å². The zero-order valence-electron chi connectivity index (χ0n) is 9.98. The molecule has 0 radical (unpaired) electrons. The quantitative estimate of drug-likeness (QED) is 0.726. The zero-order valence-corrected chi connectivity index (χ0v) is 13.1. The lowest BCUT2D eigenvalue weighted by atomic mass is 10.2. The summed E-state index contributed by atoms with van der Waals surface area (Å²) in [4.78, 5) is 0. The number of pyridine rings is 1. The minimum atomic E-state index is 0.731. The van der Waals surface area contributed by atoms with E-state index in [-0.39, 0.29) is 0 Å². The van der Waals surface area contributed by atoms with Crippen LogP contribution in [0.15, 0.2) is 57.7 Å².